The Hall–Kier alpha value is -6.10. The number of phenols is 4. The van der Waals surface area contributed by atoms with Gasteiger partial charge in [0.15, 0.2) is 0 Å². The molecule has 0 aliphatic rings. The third-order valence-corrected chi connectivity index (χ3v) is 9.42. The first-order valence-electron chi connectivity index (χ1n) is 17.1. The van der Waals surface area contributed by atoms with Crippen molar-refractivity contribution in [3.63, 3.8) is 0 Å². The fraction of sp³-hybridized carbons (Fsp3) is 0.209. The number of phenolic OH excluding ortho intramolecular Hbond substituents is 4. The van der Waals surface area contributed by atoms with Crippen LogP contribution in [0.25, 0.3) is 21.5 Å². The highest BCUT2D eigenvalue weighted by molar-refractivity contribution is 5.99. The zero-order valence-corrected chi connectivity index (χ0v) is 29.2. The molecule has 6 rings (SSSR count). The Morgan fingerprint density at radius 3 is 1.28 bits per heavy atom. The standard InChI is InChI=1S/C43H40O10/c1-43(2,31-9-3-25(4-10-31)15-35(46)23-52-41(50)37-19-29-17-33(44)13-7-27(29)21-39(37)48)32-11-5-26(6-12-32)16-36(47)24-53-42(51)38-20-30-18-34(45)14-8-28(30)22-40(38)49/h3-14,17-22,35-36,44-49H,15-16,23-24H2,1-2H3. The summed E-state index contributed by atoms with van der Waals surface area (Å²) in [7, 11) is 0. The summed E-state index contributed by atoms with van der Waals surface area (Å²) in [5.41, 5.74) is 3.26. The summed E-state index contributed by atoms with van der Waals surface area (Å²) < 4.78 is 10.6. The SMILES string of the molecule is CC(C)(c1ccc(CC(O)COC(=O)c2cc3cc(O)ccc3cc2O)cc1)c1ccc(CC(O)COC(=O)c2cc3cc(O)ccc3cc2O)cc1. The number of fused-ring (bicyclic) bond motifs is 2. The van der Waals surface area contributed by atoms with Gasteiger partial charge in [-0.3, -0.25) is 0 Å². The van der Waals surface area contributed by atoms with E-state index in [1.165, 1.54) is 48.5 Å². The van der Waals surface area contributed by atoms with Crippen LogP contribution in [0.1, 0.15) is 56.8 Å². The Bertz CT molecular complexity index is 2120. The van der Waals surface area contributed by atoms with Crippen LogP contribution in [-0.4, -0.2) is 68.0 Å². The number of rotatable bonds is 12. The summed E-state index contributed by atoms with van der Waals surface area (Å²) in [5.74, 6) is -2.01. The normalized spacial score (nSPS) is 12.8. The van der Waals surface area contributed by atoms with Crippen LogP contribution >= 0.6 is 0 Å². The van der Waals surface area contributed by atoms with Crippen LogP contribution in [-0.2, 0) is 27.7 Å². The number of hydrogen-bond donors (Lipinski definition) is 6. The predicted octanol–water partition coefficient (Wildman–Crippen LogP) is 6.66. The molecule has 0 amide bonds. The molecule has 6 aromatic rings. The van der Waals surface area contributed by atoms with E-state index in [4.69, 9.17) is 9.47 Å². The number of hydrogen-bond acceptors (Lipinski definition) is 10. The molecule has 0 heterocycles. The number of carbonyl (C=O) groups is 2. The van der Waals surface area contributed by atoms with Gasteiger partial charge in [-0.05, 0) is 92.3 Å². The summed E-state index contributed by atoms with van der Waals surface area (Å²) in [5, 5.41) is 63.8. The van der Waals surface area contributed by atoms with Gasteiger partial charge in [0, 0.05) is 18.3 Å². The van der Waals surface area contributed by atoms with Crippen LogP contribution in [0.5, 0.6) is 23.0 Å². The molecule has 2 atom stereocenters. The Morgan fingerprint density at radius 1 is 0.528 bits per heavy atom. The molecule has 0 aliphatic carbocycles. The van der Waals surface area contributed by atoms with E-state index >= 15 is 0 Å². The lowest BCUT2D eigenvalue weighted by Gasteiger charge is -2.27. The summed E-state index contributed by atoms with van der Waals surface area (Å²) in [6, 6.07) is 30.5. The average Bonchev–Trinajstić information content (AvgIpc) is 3.13. The van der Waals surface area contributed by atoms with E-state index in [1.54, 1.807) is 12.1 Å². The van der Waals surface area contributed by atoms with Gasteiger partial charge in [0.25, 0.3) is 0 Å². The average molecular weight is 717 g/mol. The largest absolute Gasteiger partial charge is 0.508 e. The van der Waals surface area contributed by atoms with Gasteiger partial charge >= 0.3 is 11.9 Å². The Labute approximate surface area is 305 Å². The molecule has 10 nitrogen and oxygen atoms in total. The van der Waals surface area contributed by atoms with Gasteiger partial charge < -0.3 is 40.1 Å². The van der Waals surface area contributed by atoms with E-state index < -0.39 is 24.1 Å². The molecule has 0 fully saturated rings. The molecule has 0 spiro atoms. The van der Waals surface area contributed by atoms with Crippen molar-refractivity contribution >= 4 is 33.5 Å². The Kier molecular flexibility index (Phi) is 10.6. The number of benzene rings is 6. The molecule has 0 aliphatic heterocycles. The zero-order chi connectivity index (χ0) is 37.9. The highest BCUT2D eigenvalue weighted by Crippen LogP contribution is 2.33. The van der Waals surface area contributed by atoms with Crippen molar-refractivity contribution in [3.8, 4) is 23.0 Å². The number of carbonyl (C=O) groups excluding carboxylic acids is 2. The first-order valence-corrected chi connectivity index (χ1v) is 17.1. The van der Waals surface area contributed by atoms with Gasteiger partial charge in [0.1, 0.15) is 47.3 Å². The molecule has 0 bridgehead atoms. The third-order valence-electron chi connectivity index (χ3n) is 9.42. The molecular weight excluding hydrogens is 676 g/mol. The number of esters is 2. The van der Waals surface area contributed by atoms with Crippen molar-refractivity contribution in [2.24, 2.45) is 0 Å². The second kappa shape index (κ2) is 15.2. The van der Waals surface area contributed by atoms with E-state index in [0.717, 1.165) is 22.3 Å². The van der Waals surface area contributed by atoms with Crippen molar-refractivity contribution < 1.29 is 49.7 Å². The topological polar surface area (TPSA) is 174 Å². The summed E-state index contributed by atoms with van der Waals surface area (Å²) >= 11 is 0. The molecule has 53 heavy (non-hydrogen) atoms. The van der Waals surface area contributed by atoms with E-state index in [1.807, 2.05) is 48.5 Å². The molecule has 0 aromatic heterocycles. The van der Waals surface area contributed by atoms with Crippen molar-refractivity contribution in [1.29, 1.82) is 0 Å². The molecule has 6 aromatic carbocycles. The fourth-order valence-electron chi connectivity index (χ4n) is 6.32. The minimum atomic E-state index is -0.975. The third kappa shape index (κ3) is 8.52. The van der Waals surface area contributed by atoms with Crippen LogP contribution in [0.15, 0.2) is 109 Å². The van der Waals surface area contributed by atoms with Crippen molar-refractivity contribution in [2.75, 3.05) is 13.2 Å². The molecule has 0 radical (unpaired) electrons. The fourth-order valence-corrected chi connectivity index (χ4v) is 6.32. The number of ether oxygens (including phenoxy) is 2. The molecule has 0 saturated carbocycles. The number of aliphatic hydroxyl groups is 2. The second-order valence-electron chi connectivity index (χ2n) is 13.7. The van der Waals surface area contributed by atoms with Crippen LogP contribution < -0.4 is 0 Å². The lowest BCUT2D eigenvalue weighted by molar-refractivity contribution is 0.0252. The van der Waals surface area contributed by atoms with E-state index in [-0.39, 0.29) is 65.6 Å². The van der Waals surface area contributed by atoms with Gasteiger partial charge in [-0.15, -0.1) is 0 Å². The Balaban J connectivity index is 0.996. The summed E-state index contributed by atoms with van der Waals surface area (Å²) in [6.07, 6.45) is -1.47. The number of aliphatic hydroxyl groups excluding tert-OH is 2. The lowest BCUT2D eigenvalue weighted by Crippen LogP contribution is -2.22. The van der Waals surface area contributed by atoms with Crippen molar-refractivity contribution in [1.82, 2.24) is 0 Å². The minimum Gasteiger partial charge on any atom is -0.508 e. The lowest BCUT2D eigenvalue weighted by atomic mass is 9.77. The van der Waals surface area contributed by atoms with Gasteiger partial charge in [0.2, 0.25) is 0 Å². The van der Waals surface area contributed by atoms with Crippen LogP contribution in [0, 0.1) is 0 Å². The summed E-state index contributed by atoms with van der Waals surface area (Å²) in [6.45, 7) is 3.64. The predicted molar refractivity (Wildman–Crippen MR) is 200 cm³/mol. The number of aromatic hydroxyl groups is 4. The van der Waals surface area contributed by atoms with E-state index in [9.17, 15) is 40.2 Å². The van der Waals surface area contributed by atoms with Crippen LogP contribution in [0.3, 0.4) is 0 Å². The summed E-state index contributed by atoms with van der Waals surface area (Å²) in [4.78, 5) is 25.3. The molecule has 272 valence electrons. The second-order valence-corrected chi connectivity index (χ2v) is 13.7. The monoisotopic (exact) mass is 716 g/mol. The maximum absolute atomic E-state index is 12.7. The van der Waals surface area contributed by atoms with Gasteiger partial charge in [-0.2, -0.15) is 0 Å². The molecular formula is C43H40O10. The van der Waals surface area contributed by atoms with E-state index in [2.05, 4.69) is 13.8 Å². The molecule has 0 saturated heterocycles. The Morgan fingerprint density at radius 2 is 0.906 bits per heavy atom. The zero-order valence-electron chi connectivity index (χ0n) is 29.2. The molecule has 2 unspecified atom stereocenters. The highest BCUT2D eigenvalue weighted by atomic mass is 16.5. The first kappa shape index (κ1) is 36.7. The maximum atomic E-state index is 12.7. The van der Waals surface area contributed by atoms with Gasteiger partial charge in [-0.1, -0.05) is 74.5 Å². The molecule has 10 heteroatoms. The minimum absolute atomic E-state index is 0.0298. The first-order chi connectivity index (χ1) is 25.3. The van der Waals surface area contributed by atoms with Gasteiger partial charge in [0.05, 0.1) is 12.2 Å². The molecule has 6 N–H and O–H groups in total. The quantitative estimate of drug-likeness (QED) is 0.0752. The van der Waals surface area contributed by atoms with Crippen molar-refractivity contribution in [2.45, 2.75) is 44.3 Å². The van der Waals surface area contributed by atoms with E-state index in [0.29, 0.717) is 21.5 Å². The highest BCUT2D eigenvalue weighted by Gasteiger charge is 2.24. The van der Waals surface area contributed by atoms with Crippen LogP contribution in [0.4, 0.5) is 0 Å². The van der Waals surface area contributed by atoms with Crippen LogP contribution in [0.2, 0.25) is 0 Å². The van der Waals surface area contributed by atoms with Crippen molar-refractivity contribution in [3.05, 3.63) is 143 Å². The van der Waals surface area contributed by atoms with Gasteiger partial charge in [-0.25, -0.2) is 9.59 Å². The smallest absolute Gasteiger partial charge is 0.342 e. The maximum Gasteiger partial charge on any atom is 0.342 e.